The highest BCUT2D eigenvalue weighted by atomic mass is 79.9. The van der Waals surface area contributed by atoms with Crippen molar-refractivity contribution in [2.75, 3.05) is 0 Å². The monoisotopic (exact) mass is 458 g/mol. The summed E-state index contributed by atoms with van der Waals surface area (Å²) >= 11 is 9.30. The van der Waals surface area contributed by atoms with Gasteiger partial charge in [-0.1, -0.05) is 39.7 Å². The zero-order chi connectivity index (χ0) is 20.1. The van der Waals surface area contributed by atoms with Crippen LogP contribution in [-0.2, 0) is 11.3 Å². The van der Waals surface area contributed by atoms with Crippen molar-refractivity contribution < 1.29 is 14.7 Å². The molecule has 1 N–H and O–H groups in total. The van der Waals surface area contributed by atoms with E-state index < -0.39 is 5.97 Å². The Bertz CT molecular complexity index is 1020. The van der Waals surface area contributed by atoms with Crippen molar-refractivity contribution >= 4 is 45.4 Å². The number of carboxylic acid groups (broad SMARTS) is 1. The van der Waals surface area contributed by atoms with Crippen molar-refractivity contribution in [1.82, 2.24) is 9.78 Å². The summed E-state index contributed by atoms with van der Waals surface area (Å²) in [6.45, 7) is 0.240. The molecule has 0 radical (unpaired) electrons. The predicted octanol–water partition coefficient (Wildman–Crippen LogP) is 5.34. The van der Waals surface area contributed by atoms with E-state index in [1.54, 1.807) is 41.2 Å². The van der Waals surface area contributed by atoms with Crippen LogP contribution in [-0.4, -0.2) is 26.6 Å². The van der Waals surface area contributed by atoms with Crippen molar-refractivity contribution in [1.29, 1.82) is 0 Å². The van der Waals surface area contributed by atoms with Gasteiger partial charge in [-0.15, -0.1) is 0 Å². The first-order valence-corrected chi connectivity index (χ1v) is 9.62. The Kier molecular flexibility index (Phi) is 6.44. The topological polar surface area (TPSA) is 72.2 Å². The van der Waals surface area contributed by atoms with E-state index in [0.717, 1.165) is 15.6 Å². The van der Waals surface area contributed by atoms with Crippen molar-refractivity contribution in [3.63, 3.8) is 0 Å². The number of hydrogen-bond acceptors (Lipinski definition) is 3. The first-order chi connectivity index (χ1) is 13.4. The molecule has 0 unspecified atom stereocenters. The maximum absolute atomic E-state index is 12.4. The maximum atomic E-state index is 12.4. The van der Waals surface area contributed by atoms with E-state index in [2.05, 4.69) is 21.0 Å². The molecule has 3 aromatic rings. The molecular weight excluding hydrogens is 444 g/mol. The number of aryl methyl sites for hydroxylation is 1. The van der Waals surface area contributed by atoms with Crippen LogP contribution in [0.15, 0.2) is 65.3 Å². The van der Waals surface area contributed by atoms with E-state index >= 15 is 0 Å². The van der Waals surface area contributed by atoms with Gasteiger partial charge in [0.15, 0.2) is 5.78 Å². The lowest BCUT2D eigenvalue weighted by Crippen LogP contribution is -2.04. The van der Waals surface area contributed by atoms with Gasteiger partial charge in [0.1, 0.15) is 0 Å². The van der Waals surface area contributed by atoms with Gasteiger partial charge in [0.05, 0.1) is 18.7 Å². The largest absolute Gasteiger partial charge is 0.481 e. The molecule has 0 aliphatic heterocycles. The Hall–Kier alpha value is -2.70. The second-order valence-corrected chi connectivity index (χ2v) is 7.40. The van der Waals surface area contributed by atoms with Gasteiger partial charge in [0.2, 0.25) is 0 Å². The maximum Gasteiger partial charge on any atom is 0.305 e. The minimum Gasteiger partial charge on any atom is -0.481 e. The molecule has 1 heterocycles. The highest BCUT2D eigenvalue weighted by Gasteiger charge is 2.11. The van der Waals surface area contributed by atoms with Gasteiger partial charge >= 0.3 is 5.97 Å². The number of carbonyl (C=O) groups is 2. The molecule has 0 amide bonds. The molecule has 0 aliphatic carbocycles. The molecule has 2 aromatic carbocycles. The third kappa shape index (κ3) is 5.18. The van der Waals surface area contributed by atoms with E-state index in [4.69, 9.17) is 16.7 Å². The fraction of sp³-hybridized carbons (Fsp3) is 0.0952. The molecular formula is C21H16BrClN2O3. The molecule has 0 saturated carbocycles. The summed E-state index contributed by atoms with van der Waals surface area (Å²) in [7, 11) is 0. The lowest BCUT2D eigenvalue weighted by molar-refractivity contribution is -0.137. The number of aromatic nitrogens is 2. The molecule has 0 aliphatic rings. The summed E-state index contributed by atoms with van der Waals surface area (Å²) in [5.74, 6) is -1.03. The molecule has 1 aromatic heterocycles. The summed E-state index contributed by atoms with van der Waals surface area (Å²) in [4.78, 5) is 23.3. The summed E-state index contributed by atoms with van der Waals surface area (Å²) in [5, 5.41) is 14.0. The molecule has 0 saturated heterocycles. The van der Waals surface area contributed by atoms with Crippen LogP contribution in [0.3, 0.4) is 0 Å². The lowest BCUT2D eigenvalue weighted by Gasteiger charge is -2.00. The summed E-state index contributed by atoms with van der Waals surface area (Å²) in [6, 6.07) is 14.3. The lowest BCUT2D eigenvalue weighted by atomic mass is 10.1. The molecule has 0 spiro atoms. The summed E-state index contributed by atoms with van der Waals surface area (Å²) in [5.41, 5.74) is 2.78. The second kappa shape index (κ2) is 8.99. The van der Waals surface area contributed by atoms with E-state index in [0.29, 0.717) is 16.3 Å². The van der Waals surface area contributed by atoms with Crippen molar-refractivity contribution in [2.24, 2.45) is 0 Å². The van der Waals surface area contributed by atoms with Gasteiger partial charge in [0, 0.05) is 32.4 Å². The fourth-order valence-electron chi connectivity index (χ4n) is 2.59. The minimum atomic E-state index is -0.897. The van der Waals surface area contributed by atoms with Crippen LogP contribution in [0.2, 0.25) is 5.02 Å². The number of ketones is 1. The van der Waals surface area contributed by atoms with E-state index in [-0.39, 0.29) is 18.7 Å². The van der Waals surface area contributed by atoms with Crippen LogP contribution in [0.5, 0.6) is 0 Å². The molecule has 0 bridgehead atoms. The van der Waals surface area contributed by atoms with E-state index in [9.17, 15) is 9.59 Å². The van der Waals surface area contributed by atoms with Crippen LogP contribution in [0.25, 0.3) is 17.3 Å². The van der Waals surface area contributed by atoms with Gasteiger partial charge in [-0.05, 0) is 48.6 Å². The number of nitrogens with zero attached hydrogens (tertiary/aromatic N) is 2. The second-order valence-electron chi connectivity index (χ2n) is 6.05. The van der Waals surface area contributed by atoms with Crippen molar-refractivity contribution in [3.05, 3.63) is 81.4 Å². The van der Waals surface area contributed by atoms with Crippen molar-refractivity contribution in [2.45, 2.75) is 13.0 Å². The molecule has 0 fully saturated rings. The fourth-order valence-corrected chi connectivity index (χ4v) is 2.98. The molecule has 5 nitrogen and oxygen atoms in total. The van der Waals surface area contributed by atoms with Gasteiger partial charge < -0.3 is 5.11 Å². The Labute approximate surface area is 175 Å². The number of aliphatic carboxylic acids is 1. The number of benzene rings is 2. The quantitative estimate of drug-likeness (QED) is 0.382. The standard InChI is InChI=1S/C21H16BrClN2O3/c22-17-6-1-14(2-7-17)19(26)10-5-16-13-25(12-11-20(27)28)24-21(16)15-3-8-18(23)9-4-15/h1-10,13H,11-12H2,(H,27,28). The van der Waals surface area contributed by atoms with Gasteiger partial charge in [-0.2, -0.15) is 5.10 Å². The van der Waals surface area contributed by atoms with E-state index in [1.807, 2.05) is 24.3 Å². The zero-order valence-corrected chi connectivity index (χ0v) is 17.0. The number of halogens is 2. The SMILES string of the molecule is O=C(O)CCn1cc(C=CC(=O)c2ccc(Br)cc2)c(-c2ccc(Cl)cc2)n1. The normalized spacial score (nSPS) is 11.1. The minimum absolute atomic E-state index is 0.0390. The van der Waals surface area contributed by atoms with Crippen molar-refractivity contribution in [3.8, 4) is 11.3 Å². The average Bonchev–Trinajstić information content (AvgIpc) is 3.09. The Balaban J connectivity index is 1.90. The van der Waals surface area contributed by atoms with Crippen LogP contribution in [0, 0.1) is 0 Å². The summed E-state index contributed by atoms with van der Waals surface area (Å²) < 4.78 is 2.47. The smallest absolute Gasteiger partial charge is 0.305 e. The number of allylic oxidation sites excluding steroid dienone is 1. The summed E-state index contributed by atoms with van der Waals surface area (Å²) in [6.07, 6.45) is 4.88. The Morgan fingerprint density at radius 3 is 2.43 bits per heavy atom. The molecule has 7 heteroatoms. The van der Waals surface area contributed by atoms with Gasteiger partial charge in [-0.3, -0.25) is 14.3 Å². The number of rotatable bonds is 7. The first kappa shape index (κ1) is 20.0. The molecule has 3 rings (SSSR count). The average molecular weight is 460 g/mol. The third-order valence-electron chi connectivity index (χ3n) is 4.01. The molecule has 142 valence electrons. The van der Waals surface area contributed by atoms with Gasteiger partial charge in [-0.25, -0.2) is 0 Å². The molecule has 28 heavy (non-hydrogen) atoms. The van der Waals surface area contributed by atoms with Crippen LogP contribution < -0.4 is 0 Å². The zero-order valence-electron chi connectivity index (χ0n) is 14.7. The van der Waals surface area contributed by atoms with E-state index in [1.165, 1.54) is 6.08 Å². The van der Waals surface area contributed by atoms with Crippen LogP contribution in [0.4, 0.5) is 0 Å². The number of carboxylic acids is 1. The predicted molar refractivity (Wildman–Crippen MR) is 112 cm³/mol. The Morgan fingerprint density at radius 2 is 1.79 bits per heavy atom. The number of carbonyl (C=O) groups excluding carboxylic acids is 1. The number of hydrogen-bond donors (Lipinski definition) is 1. The third-order valence-corrected chi connectivity index (χ3v) is 4.79. The highest BCUT2D eigenvalue weighted by molar-refractivity contribution is 9.10. The van der Waals surface area contributed by atoms with Crippen LogP contribution in [0.1, 0.15) is 22.3 Å². The Morgan fingerprint density at radius 1 is 1.11 bits per heavy atom. The first-order valence-electron chi connectivity index (χ1n) is 8.45. The van der Waals surface area contributed by atoms with Crippen LogP contribution >= 0.6 is 27.5 Å². The van der Waals surface area contributed by atoms with Gasteiger partial charge in [0.25, 0.3) is 0 Å². The highest BCUT2D eigenvalue weighted by Crippen LogP contribution is 2.25. The molecule has 0 atom stereocenters.